The van der Waals surface area contributed by atoms with E-state index in [0.717, 1.165) is 5.56 Å². The highest BCUT2D eigenvalue weighted by Crippen LogP contribution is 2.21. The number of rotatable bonds is 5. The van der Waals surface area contributed by atoms with Gasteiger partial charge in [-0.15, -0.1) is 4.91 Å². The number of carbonyl (C=O) groups excluding carboxylic acids is 1. The summed E-state index contributed by atoms with van der Waals surface area (Å²) in [5.74, 6) is 0. The number of benzene rings is 1. The molecule has 1 amide bonds. The summed E-state index contributed by atoms with van der Waals surface area (Å²) in [5.41, 5.74) is 0.746. The van der Waals surface area contributed by atoms with Crippen LogP contribution in [-0.4, -0.2) is 6.41 Å². The highest BCUT2D eigenvalue weighted by atomic mass is 35.5. The van der Waals surface area contributed by atoms with Crippen LogP contribution in [0.5, 0.6) is 0 Å². The second-order valence-electron chi connectivity index (χ2n) is 2.68. The molecular weight excluding hydrogens is 204 g/mol. The number of alkyl halides is 1. The smallest absolute Gasteiger partial charge is 0.207 e. The van der Waals surface area contributed by atoms with Crippen LogP contribution in [0.2, 0.25) is 0 Å². The quantitative estimate of drug-likeness (QED) is 0.351. The monoisotopic (exact) mass is 212 g/mol. The zero-order valence-corrected chi connectivity index (χ0v) is 8.07. The van der Waals surface area contributed by atoms with Gasteiger partial charge in [-0.05, 0) is 16.3 Å². The molecule has 14 heavy (non-hydrogen) atoms. The average molecular weight is 213 g/mol. The number of amides is 1. The highest BCUT2D eigenvalue weighted by molar-refractivity contribution is 6.20. The van der Waals surface area contributed by atoms with E-state index in [2.05, 4.69) is 10.5 Å². The molecule has 0 aliphatic heterocycles. The summed E-state index contributed by atoms with van der Waals surface area (Å²) >= 11 is 5.60. The van der Waals surface area contributed by atoms with Gasteiger partial charge in [0.15, 0.2) is 5.50 Å². The molecule has 0 aromatic heterocycles. The lowest BCUT2D eigenvalue weighted by Gasteiger charge is -2.03. The highest BCUT2D eigenvalue weighted by Gasteiger charge is 2.05. The first-order chi connectivity index (χ1) is 6.77. The van der Waals surface area contributed by atoms with Crippen LogP contribution in [0.25, 0.3) is 0 Å². The van der Waals surface area contributed by atoms with Crippen molar-refractivity contribution in [3.63, 3.8) is 0 Å². The van der Waals surface area contributed by atoms with Crippen LogP contribution in [-0.2, 0) is 11.3 Å². The number of nitrogens with zero attached hydrogens (tertiary/aromatic N) is 1. The third-order valence-electron chi connectivity index (χ3n) is 1.74. The molecule has 0 spiro atoms. The molecule has 0 radical (unpaired) electrons. The molecule has 1 unspecified atom stereocenters. The van der Waals surface area contributed by atoms with Crippen LogP contribution in [0.15, 0.2) is 29.4 Å². The second-order valence-corrected chi connectivity index (χ2v) is 3.09. The first-order valence-corrected chi connectivity index (χ1v) is 4.44. The van der Waals surface area contributed by atoms with Gasteiger partial charge >= 0.3 is 0 Å². The molecule has 0 bridgehead atoms. The number of nitrogens with one attached hydrogen (secondary N) is 1. The van der Waals surface area contributed by atoms with E-state index < -0.39 is 5.50 Å². The van der Waals surface area contributed by atoms with E-state index in [1.54, 1.807) is 24.3 Å². The van der Waals surface area contributed by atoms with Crippen molar-refractivity contribution in [2.75, 3.05) is 0 Å². The van der Waals surface area contributed by atoms with Gasteiger partial charge in [-0.25, -0.2) is 0 Å². The van der Waals surface area contributed by atoms with E-state index in [1.165, 1.54) is 0 Å². The third kappa shape index (κ3) is 2.81. The van der Waals surface area contributed by atoms with Gasteiger partial charge < -0.3 is 5.32 Å². The Morgan fingerprint density at radius 1 is 1.43 bits per heavy atom. The molecule has 74 valence electrons. The van der Waals surface area contributed by atoms with Crippen molar-refractivity contribution in [1.29, 1.82) is 0 Å². The molecule has 0 aliphatic rings. The average Bonchev–Trinajstić information content (AvgIpc) is 2.26. The molecular formula is C9H9ClN2O2. The number of hydrogen-bond donors (Lipinski definition) is 1. The maximum Gasteiger partial charge on any atom is 0.207 e. The van der Waals surface area contributed by atoms with E-state index >= 15 is 0 Å². The molecule has 1 aromatic rings. The first kappa shape index (κ1) is 10.7. The molecule has 1 N–H and O–H groups in total. The van der Waals surface area contributed by atoms with Gasteiger partial charge in [-0.1, -0.05) is 35.9 Å². The van der Waals surface area contributed by atoms with Gasteiger partial charge in [-0.3, -0.25) is 4.79 Å². The van der Waals surface area contributed by atoms with E-state index in [1.807, 2.05) is 0 Å². The van der Waals surface area contributed by atoms with E-state index in [9.17, 15) is 9.70 Å². The molecule has 4 nitrogen and oxygen atoms in total. The maximum atomic E-state index is 10.1. The van der Waals surface area contributed by atoms with Gasteiger partial charge in [0.2, 0.25) is 6.41 Å². The largest absolute Gasteiger partial charge is 0.355 e. The minimum absolute atomic E-state index is 0.464. The fourth-order valence-corrected chi connectivity index (χ4v) is 1.16. The summed E-state index contributed by atoms with van der Waals surface area (Å²) in [7, 11) is 0. The van der Waals surface area contributed by atoms with E-state index in [0.29, 0.717) is 18.5 Å². The van der Waals surface area contributed by atoms with Gasteiger partial charge in [-0.2, -0.15) is 0 Å². The Kier molecular flexibility index (Phi) is 4.07. The molecule has 0 saturated carbocycles. The third-order valence-corrected chi connectivity index (χ3v) is 2.07. The van der Waals surface area contributed by atoms with Gasteiger partial charge in [0.25, 0.3) is 0 Å². The van der Waals surface area contributed by atoms with Crippen molar-refractivity contribution in [3.8, 4) is 0 Å². The normalized spacial score (nSPS) is 11.8. The molecule has 0 aliphatic carbocycles. The van der Waals surface area contributed by atoms with Gasteiger partial charge in [0.1, 0.15) is 0 Å². The van der Waals surface area contributed by atoms with Crippen LogP contribution in [0, 0.1) is 4.91 Å². The lowest BCUT2D eigenvalue weighted by Crippen LogP contribution is -2.09. The molecule has 0 fully saturated rings. The van der Waals surface area contributed by atoms with Crippen LogP contribution in [0.1, 0.15) is 16.6 Å². The molecule has 5 heteroatoms. The summed E-state index contributed by atoms with van der Waals surface area (Å²) in [6, 6.07) is 6.99. The van der Waals surface area contributed by atoms with Gasteiger partial charge in [0, 0.05) is 6.54 Å². The van der Waals surface area contributed by atoms with Crippen molar-refractivity contribution in [2.24, 2.45) is 5.18 Å². The van der Waals surface area contributed by atoms with Crippen LogP contribution >= 0.6 is 11.6 Å². The molecule has 1 aromatic carbocycles. The number of halogens is 1. The Bertz CT molecular complexity index is 313. The molecule has 0 saturated heterocycles. The minimum Gasteiger partial charge on any atom is -0.355 e. The minimum atomic E-state index is -0.844. The van der Waals surface area contributed by atoms with E-state index in [4.69, 9.17) is 11.6 Å². The van der Waals surface area contributed by atoms with Crippen molar-refractivity contribution >= 4 is 18.0 Å². The zero-order chi connectivity index (χ0) is 10.4. The van der Waals surface area contributed by atoms with Crippen molar-refractivity contribution in [1.82, 2.24) is 5.32 Å². The first-order valence-electron chi connectivity index (χ1n) is 4.00. The molecule has 1 rings (SSSR count). The predicted molar refractivity (Wildman–Crippen MR) is 53.7 cm³/mol. The van der Waals surface area contributed by atoms with Crippen LogP contribution in [0.3, 0.4) is 0 Å². The van der Waals surface area contributed by atoms with Crippen LogP contribution < -0.4 is 5.32 Å². The number of hydrogen-bond acceptors (Lipinski definition) is 3. The molecule has 0 heterocycles. The van der Waals surface area contributed by atoms with Crippen molar-refractivity contribution < 1.29 is 4.79 Å². The summed E-state index contributed by atoms with van der Waals surface area (Å²) in [4.78, 5) is 20.1. The predicted octanol–water partition coefficient (Wildman–Crippen LogP) is 1.94. The molecule has 1 atom stereocenters. The number of nitroso groups, excluding NO2 is 1. The topological polar surface area (TPSA) is 58.5 Å². The Morgan fingerprint density at radius 3 is 2.57 bits per heavy atom. The summed E-state index contributed by atoms with van der Waals surface area (Å²) in [6.07, 6.45) is 0.630. The standard InChI is InChI=1S/C9H9ClN2O2/c10-9(12-14)8-3-1-7(2-4-8)5-11-6-13/h1-4,6,9H,5H2,(H,11,13). The Labute approximate surface area is 86.2 Å². The lowest BCUT2D eigenvalue weighted by molar-refractivity contribution is -0.109. The fraction of sp³-hybridized carbons (Fsp3) is 0.222. The second kappa shape index (κ2) is 5.34. The Balaban J connectivity index is 2.67. The van der Waals surface area contributed by atoms with E-state index in [-0.39, 0.29) is 0 Å². The summed E-state index contributed by atoms with van der Waals surface area (Å²) < 4.78 is 0. The Hall–Kier alpha value is -1.42. The van der Waals surface area contributed by atoms with Gasteiger partial charge in [0.05, 0.1) is 0 Å². The Morgan fingerprint density at radius 2 is 2.07 bits per heavy atom. The summed E-state index contributed by atoms with van der Waals surface area (Å²) in [5, 5.41) is 5.22. The van der Waals surface area contributed by atoms with Crippen molar-refractivity contribution in [3.05, 3.63) is 40.3 Å². The summed E-state index contributed by atoms with van der Waals surface area (Å²) in [6.45, 7) is 0.464. The zero-order valence-electron chi connectivity index (χ0n) is 7.31. The SMILES string of the molecule is O=CNCc1ccc(C(Cl)N=O)cc1. The maximum absolute atomic E-state index is 10.1. The number of carbonyl (C=O) groups is 1. The van der Waals surface area contributed by atoms with Crippen molar-refractivity contribution in [2.45, 2.75) is 12.0 Å². The van der Waals surface area contributed by atoms with Crippen LogP contribution in [0.4, 0.5) is 0 Å². The fourth-order valence-electron chi connectivity index (χ4n) is 1.01. The lowest BCUT2D eigenvalue weighted by atomic mass is 10.1.